The molecule has 1 atom stereocenters. The van der Waals surface area contributed by atoms with Crippen LogP contribution in [0, 0.1) is 0 Å². The van der Waals surface area contributed by atoms with Crippen molar-refractivity contribution in [1.82, 2.24) is 19.4 Å². The molecule has 0 radical (unpaired) electrons. The van der Waals surface area contributed by atoms with Gasteiger partial charge in [-0.15, -0.1) is 17.0 Å². The van der Waals surface area contributed by atoms with E-state index in [0.29, 0.717) is 41.6 Å². The number of nitrogens with zero attached hydrogens (tertiary/aromatic N) is 4. The summed E-state index contributed by atoms with van der Waals surface area (Å²) in [5, 5.41) is 22.8. The number of hydrogen-bond donors (Lipinski definition) is 2. The lowest BCUT2D eigenvalue weighted by molar-refractivity contribution is -0.172. The number of carbonyl (C=O) groups is 1. The summed E-state index contributed by atoms with van der Waals surface area (Å²) in [7, 11) is 4.24. The van der Waals surface area contributed by atoms with E-state index >= 15 is 0 Å². The maximum Gasteiger partial charge on any atom is 0.343 e. The lowest BCUT2D eigenvalue weighted by atomic mass is 9.86. The van der Waals surface area contributed by atoms with Gasteiger partial charge in [-0.2, -0.15) is 0 Å². The Morgan fingerprint density at radius 2 is 1.92 bits per heavy atom. The molecule has 0 amide bonds. The molecule has 2 N–H and O–H groups in total. The Hall–Kier alpha value is -2.79. The summed E-state index contributed by atoms with van der Waals surface area (Å²) >= 11 is 0. The SMILES string of the molecule is Br.CC[C@@]1(O)C(=O)OCc2c1cc1n(c2=O)Cc2cc3c(CN4CCC(N(C)C)CC4)c(O)ccc3nc2-1. The number of phenolic OH excluding ortho intramolecular Hbond substituents is 1. The normalized spacial score (nSPS) is 21.1. The highest BCUT2D eigenvalue weighted by molar-refractivity contribution is 8.93. The van der Waals surface area contributed by atoms with E-state index in [1.54, 1.807) is 29.7 Å². The number of ether oxygens (including phenoxy) is 1. The van der Waals surface area contributed by atoms with Crippen LogP contribution in [0.4, 0.5) is 0 Å². The highest BCUT2D eigenvalue weighted by Gasteiger charge is 2.45. The molecular formula is C28H33BrN4O5. The van der Waals surface area contributed by atoms with Crippen LogP contribution in [-0.2, 0) is 34.8 Å². The Morgan fingerprint density at radius 3 is 2.61 bits per heavy atom. The predicted octanol–water partition coefficient (Wildman–Crippen LogP) is 2.89. The number of aromatic nitrogens is 2. The highest BCUT2D eigenvalue weighted by Crippen LogP contribution is 2.40. The fourth-order valence-electron chi connectivity index (χ4n) is 6.08. The Bertz CT molecular complexity index is 1500. The van der Waals surface area contributed by atoms with Crippen molar-refractivity contribution < 1.29 is 19.7 Å². The van der Waals surface area contributed by atoms with Crippen LogP contribution in [0.3, 0.4) is 0 Å². The molecule has 1 saturated heterocycles. The fraction of sp³-hybridized carbons (Fsp3) is 0.464. The highest BCUT2D eigenvalue weighted by atomic mass is 79.9. The lowest BCUT2D eigenvalue weighted by Gasteiger charge is -2.35. The first-order valence-electron chi connectivity index (χ1n) is 12.9. The quantitative estimate of drug-likeness (QED) is 0.352. The third-order valence-corrected chi connectivity index (χ3v) is 8.45. The zero-order chi connectivity index (χ0) is 26.1. The van der Waals surface area contributed by atoms with E-state index in [4.69, 9.17) is 9.72 Å². The van der Waals surface area contributed by atoms with Gasteiger partial charge in [0.05, 0.1) is 29.0 Å². The minimum absolute atomic E-state index is 0. The Kier molecular flexibility index (Phi) is 6.88. The van der Waals surface area contributed by atoms with Gasteiger partial charge >= 0.3 is 5.97 Å². The van der Waals surface area contributed by atoms with Gasteiger partial charge in [0.25, 0.3) is 5.56 Å². The van der Waals surface area contributed by atoms with Crippen LogP contribution >= 0.6 is 17.0 Å². The van der Waals surface area contributed by atoms with Crippen LogP contribution in [0.1, 0.15) is 48.4 Å². The molecule has 0 aliphatic carbocycles. The third kappa shape index (κ3) is 4.05. The number of piperidine rings is 1. The van der Waals surface area contributed by atoms with Crippen LogP contribution in [-0.4, -0.2) is 68.8 Å². The maximum absolute atomic E-state index is 13.4. The van der Waals surface area contributed by atoms with E-state index in [2.05, 4.69) is 23.9 Å². The number of carbonyl (C=O) groups excluding carboxylic acids is 1. The van der Waals surface area contributed by atoms with Crippen molar-refractivity contribution >= 4 is 33.9 Å². The molecule has 0 unspecified atom stereocenters. The van der Waals surface area contributed by atoms with Gasteiger partial charge in [0.15, 0.2) is 5.60 Å². The van der Waals surface area contributed by atoms with Crippen LogP contribution < -0.4 is 5.56 Å². The van der Waals surface area contributed by atoms with E-state index in [9.17, 15) is 19.8 Å². The molecule has 0 spiro atoms. The summed E-state index contributed by atoms with van der Waals surface area (Å²) in [6.45, 7) is 4.44. The molecule has 202 valence electrons. The first-order valence-corrected chi connectivity index (χ1v) is 12.9. The first kappa shape index (κ1) is 26.8. The van der Waals surface area contributed by atoms with Gasteiger partial charge in [0, 0.05) is 34.7 Å². The minimum Gasteiger partial charge on any atom is -0.508 e. The van der Waals surface area contributed by atoms with E-state index in [1.807, 2.05) is 6.07 Å². The number of pyridine rings is 2. The molecule has 3 aliphatic rings. The molecule has 10 heteroatoms. The average Bonchev–Trinajstić information content (AvgIpc) is 3.25. The Labute approximate surface area is 231 Å². The molecule has 9 nitrogen and oxygen atoms in total. The van der Waals surface area contributed by atoms with Crippen molar-refractivity contribution in [2.75, 3.05) is 27.2 Å². The summed E-state index contributed by atoms with van der Waals surface area (Å²) in [5.74, 6) is -0.484. The molecule has 2 aromatic heterocycles. The molecule has 6 rings (SSSR count). The number of fused-ring (bicyclic) bond motifs is 5. The third-order valence-electron chi connectivity index (χ3n) is 8.45. The molecule has 0 saturated carbocycles. The smallest absolute Gasteiger partial charge is 0.343 e. The van der Waals surface area contributed by atoms with Gasteiger partial charge in [0.1, 0.15) is 12.4 Å². The molecule has 1 aromatic carbocycles. The number of aliphatic hydroxyl groups is 1. The molecule has 3 aromatic rings. The van der Waals surface area contributed by atoms with Gasteiger partial charge in [-0.3, -0.25) is 9.69 Å². The van der Waals surface area contributed by atoms with E-state index in [-0.39, 0.29) is 41.3 Å². The summed E-state index contributed by atoms with van der Waals surface area (Å²) < 4.78 is 6.79. The summed E-state index contributed by atoms with van der Waals surface area (Å²) in [6, 6.07) is 7.81. The summed E-state index contributed by atoms with van der Waals surface area (Å²) in [5.41, 5.74) is 2.20. The predicted molar refractivity (Wildman–Crippen MR) is 148 cm³/mol. The number of cyclic esters (lactones) is 1. The second-order valence-corrected chi connectivity index (χ2v) is 10.7. The van der Waals surface area contributed by atoms with Crippen molar-refractivity contribution in [3.05, 3.63) is 56.9 Å². The number of aromatic hydroxyl groups is 1. The summed E-state index contributed by atoms with van der Waals surface area (Å²) in [6.07, 6.45) is 2.28. The number of benzene rings is 1. The Morgan fingerprint density at radius 1 is 1.18 bits per heavy atom. The lowest BCUT2D eigenvalue weighted by Crippen LogP contribution is -2.44. The topological polar surface area (TPSA) is 108 Å². The molecule has 1 fully saturated rings. The monoisotopic (exact) mass is 584 g/mol. The second kappa shape index (κ2) is 9.75. The average molecular weight is 585 g/mol. The zero-order valence-corrected chi connectivity index (χ0v) is 23.6. The standard InChI is InChI=1S/C28H32N4O5.BrH/c1-4-28(36)21-12-23-25-16(13-32(23)26(34)20(21)15-37-27(28)35)11-18-19(24(33)6-5-22(18)29-25)14-31-9-7-17(8-10-31)30(2)3;/h5-6,11-12,17,33,36H,4,7-10,13-15H2,1-3H3;1H/t28-;/m0./s1. The molecular weight excluding hydrogens is 552 g/mol. The number of likely N-dealkylation sites (tertiary alicyclic amines) is 1. The number of halogens is 1. The molecule has 5 heterocycles. The Balaban J connectivity index is 0.00000294. The van der Waals surface area contributed by atoms with Crippen molar-refractivity contribution in [3.63, 3.8) is 0 Å². The van der Waals surface area contributed by atoms with Crippen molar-refractivity contribution in [3.8, 4) is 17.1 Å². The van der Waals surface area contributed by atoms with Crippen LogP contribution in [0.25, 0.3) is 22.3 Å². The van der Waals surface area contributed by atoms with Crippen molar-refractivity contribution in [2.24, 2.45) is 0 Å². The van der Waals surface area contributed by atoms with E-state index < -0.39 is 11.6 Å². The number of esters is 1. The van der Waals surface area contributed by atoms with Gasteiger partial charge in [-0.05, 0) is 70.7 Å². The first-order chi connectivity index (χ1) is 17.7. The number of hydrogen-bond acceptors (Lipinski definition) is 8. The minimum atomic E-state index is -1.85. The van der Waals surface area contributed by atoms with E-state index in [1.165, 1.54) is 0 Å². The number of rotatable bonds is 4. The van der Waals surface area contributed by atoms with Crippen LogP contribution in [0.15, 0.2) is 29.1 Å². The molecule has 38 heavy (non-hydrogen) atoms. The fourth-order valence-corrected chi connectivity index (χ4v) is 6.08. The maximum atomic E-state index is 13.4. The molecule has 0 bridgehead atoms. The number of phenols is 1. The van der Waals surface area contributed by atoms with E-state index in [0.717, 1.165) is 48.0 Å². The van der Waals surface area contributed by atoms with Gasteiger partial charge in [0.2, 0.25) is 0 Å². The van der Waals surface area contributed by atoms with Crippen LogP contribution in [0.2, 0.25) is 0 Å². The van der Waals surface area contributed by atoms with Crippen molar-refractivity contribution in [2.45, 2.75) is 57.5 Å². The summed E-state index contributed by atoms with van der Waals surface area (Å²) in [4.78, 5) is 35.4. The second-order valence-electron chi connectivity index (χ2n) is 10.7. The van der Waals surface area contributed by atoms with Gasteiger partial charge in [-0.25, -0.2) is 9.78 Å². The van der Waals surface area contributed by atoms with Gasteiger partial charge < -0.3 is 24.4 Å². The van der Waals surface area contributed by atoms with Crippen molar-refractivity contribution in [1.29, 1.82) is 0 Å². The zero-order valence-electron chi connectivity index (χ0n) is 21.9. The molecule has 3 aliphatic heterocycles. The van der Waals surface area contributed by atoms with Crippen LogP contribution in [0.5, 0.6) is 5.75 Å². The van der Waals surface area contributed by atoms with Gasteiger partial charge in [-0.1, -0.05) is 6.92 Å². The largest absolute Gasteiger partial charge is 0.508 e.